The first-order valence-corrected chi connectivity index (χ1v) is 6.03. The van der Waals surface area contributed by atoms with Gasteiger partial charge >= 0.3 is 0 Å². The van der Waals surface area contributed by atoms with Crippen molar-refractivity contribution in [1.29, 1.82) is 0 Å². The quantitative estimate of drug-likeness (QED) is 0.665. The van der Waals surface area contributed by atoms with E-state index in [2.05, 4.69) is 0 Å². The van der Waals surface area contributed by atoms with Gasteiger partial charge in [-0.05, 0) is 12.5 Å². The van der Waals surface area contributed by atoms with Crippen molar-refractivity contribution in [3.63, 3.8) is 0 Å². The van der Waals surface area contributed by atoms with Crippen LogP contribution in [0.25, 0.3) is 6.08 Å². The van der Waals surface area contributed by atoms with Crippen LogP contribution in [-0.4, -0.2) is 10.9 Å². The summed E-state index contributed by atoms with van der Waals surface area (Å²) in [5.41, 5.74) is 5.71. The maximum Gasteiger partial charge on any atom is 0.185 e. The van der Waals surface area contributed by atoms with Gasteiger partial charge in [0.2, 0.25) is 0 Å². The first kappa shape index (κ1) is 13.7. The minimum Gasteiger partial charge on any atom is -0.396 e. The summed E-state index contributed by atoms with van der Waals surface area (Å²) in [6.07, 6.45) is 3.94. The molecule has 0 fully saturated rings. The van der Waals surface area contributed by atoms with Crippen LogP contribution in [0.15, 0.2) is 18.2 Å². The van der Waals surface area contributed by atoms with Gasteiger partial charge in [0.25, 0.3) is 0 Å². The Morgan fingerprint density at radius 1 is 1.47 bits per heavy atom. The molecule has 0 radical (unpaired) electrons. The number of halogens is 2. The van der Waals surface area contributed by atoms with Crippen molar-refractivity contribution in [3.05, 3.63) is 35.4 Å². The van der Waals surface area contributed by atoms with Crippen molar-refractivity contribution >= 4 is 28.6 Å². The van der Waals surface area contributed by atoms with E-state index in [1.165, 1.54) is 24.8 Å². The Kier molecular flexibility index (Phi) is 5.15. The zero-order valence-electron chi connectivity index (χ0n) is 9.37. The molecule has 0 aromatic heterocycles. The third-order valence-corrected chi connectivity index (χ3v) is 2.86. The minimum atomic E-state index is -0.761. The SMILES string of the molecule is CC(=O)SCCC=Cc1cc(F)cc(F)c1N. The molecule has 0 aliphatic heterocycles. The second-order valence-corrected chi connectivity index (χ2v) is 4.69. The highest BCUT2D eigenvalue weighted by atomic mass is 32.2. The molecular formula is C12H13F2NOS. The van der Waals surface area contributed by atoms with Crippen LogP contribution >= 0.6 is 11.8 Å². The Hall–Kier alpha value is -1.36. The maximum absolute atomic E-state index is 13.1. The number of hydrogen-bond donors (Lipinski definition) is 1. The number of allylic oxidation sites excluding steroid dienone is 1. The highest BCUT2D eigenvalue weighted by Crippen LogP contribution is 2.19. The van der Waals surface area contributed by atoms with Gasteiger partial charge in [0.1, 0.15) is 11.6 Å². The average molecular weight is 257 g/mol. The average Bonchev–Trinajstić information content (AvgIpc) is 2.23. The molecule has 17 heavy (non-hydrogen) atoms. The fourth-order valence-electron chi connectivity index (χ4n) is 1.22. The third kappa shape index (κ3) is 4.56. The fraction of sp³-hybridized carbons (Fsp3) is 0.250. The Bertz CT molecular complexity index is 446. The normalized spacial score (nSPS) is 11.0. The number of nitrogens with two attached hydrogens (primary N) is 1. The van der Waals surface area contributed by atoms with Crippen molar-refractivity contribution in [2.45, 2.75) is 13.3 Å². The number of hydrogen-bond acceptors (Lipinski definition) is 3. The molecule has 0 bridgehead atoms. The first-order chi connectivity index (χ1) is 8.00. The zero-order chi connectivity index (χ0) is 12.8. The molecular weight excluding hydrogens is 244 g/mol. The predicted molar refractivity (Wildman–Crippen MR) is 67.6 cm³/mol. The number of carbonyl (C=O) groups is 1. The van der Waals surface area contributed by atoms with E-state index < -0.39 is 11.6 Å². The number of anilines is 1. The summed E-state index contributed by atoms with van der Waals surface area (Å²) in [5.74, 6) is -0.777. The van der Waals surface area contributed by atoms with Crippen LogP contribution in [0.1, 0.15) is 18.9 Å². The lowest BCUT2D eigenvalue weighted by atomic mass is 10.1. The summed E-state index contributed by atoms with van der Waals surface area (Å²) in [7, 11) is 0. The van der Waals surface area contributed by atoms with Crippen LogP contribution in [0.3, 0.4) is 0 Å². The van der Waals surface area contributed by atoms with E-state index >= 15 is 0 Å². The molecule has 1 aromatic rings. The van der Waals surface area contributed by atoms with Gasteiger partial charge < -0.3 is 5.73 Å². The predicted octanol–water partition coefficient (Wildman–Crippen LogP) is 3.23. The van der Waals surface area contributed by atoms with E-state index in [9.17, 15) is 13.6 Å². The van der Waals surface area contributed by atoms with Crippen LogP contribution in [0.2, 0.25) is 0 Å². The Labute approximate surface area is 103 Å². The number of rotatable bonds is 4. The summed E-state index contributed by atoms with van der Waals surface area (Å²) in [5, 5.41) is 0.0507. The monoisotopic (exact) mass is 257 g/mol. The third-order valence-electron chi connectivity index (χ3n) is 2.01. The first-order valence-electron chi connectivity index (χ1n) is 5.05. The summed E-state index contributed by atoms with van der Waals surface area (Å²) in [6.45, 7) is 1.49. The topological polar surface area (TPSA) is 43.1 Å². The van der Waals surface area contributed by atoms with Gasteiger partial charge in [0, 0.05) is 24.3 Å². The second-order valence-electron chi connectivity index (χ2n) is 3.42. The lowest BCUT2D eigenvalue weighted by Gasteiger charge is -2.02. The molecule has 0 saturated carbocycles. The smallest absolute Gasteiger partial charge is 0.185 e. The maximum atomic E-state index is 13.1. The van der Waals surface area contributed by atoms with Gasteiger partial charge in [0.05, 0.1) is 5.69 Å². The van der Waals surface area contributed by atoms with E-state index in [1.807, 2.05) is 0 Å². The van der Waals surface area contributed by atoms with Gasteiger partial charge in [-0.25, -0.2) is 8.78 Å². The Balaban J connectivity index is 2.62. The molecule has 0 atom stereocenters. The Morgan fingerprint density at radius 2 is 2.18 bits per heavy atom. The lowest BCUT2D eigenvalue weighted by molar-refractivity contribution is -0.109. The highest BCUT2D eigenvalue weighted by Gasteiger charge is 2.05. The fourth-order valence-corrected chi connectivity index (χ4v) is 1.76. The number of carbonyl (C=O) groups excluding carboxylic acids is 1. The number of thioether (sulfide) groups is 1. The number of benzene rings is 1. The minimum absolute atomic E-state index is 0.0507. The standard InChI is InChI=1S/C12H13F2NOS/c1-8(16)17-5-3-2-4-9-6-10(13)7-11(14)12(9)15/h2,4,6-7H,3,5,15H2,1H3. The Morgan fingerprint density at radius 3 is 2.82 bits per heavy atom. The van der Waals surface area contributed by atoms with Gasteiger partial charge in [0.15, 0.2) is 5.12 Å². The van der Waals surface area contributed by atoms with Crippen molar-refractivity contribution in [2.75, 3.05) is 11.5 Å². The van der Waals surface area contributed by atoms with Crippen LogP contribution in [0, 0.1) is 11.6 Å². The summed E-state index contributed by atoms with van der Waals surface area (Å²) in [4.78, 5) is 10.6. The molecule has 0 spiro atoms. The van der Waals surface area contributed by atoms with E-state index in [0.29, 0.717) is 17.7 Å². The molecule has 0 unspecified atom stereocenters. The van der Waals surface area contributed by atoms with Crippen molar-refractivity contribution in [3.8, 4) is 0 Å². The molecule has 1 aromatic carbocycles. The van der Waals surface area contributed by atoms with E-state index in [1.54, 1.807) is 12.2 Å². The molecule has 5 heteroatoms. The molecule has 0 aliphatic carbocycles. The molecule has 2 N–H and O–H groups in total. The van der Waals surface area contributed by atoms with Gasteiger partial charge in [-0.15, -0.1) is 0 Å². The summed E-state index contributed by atoms with van der Waals surface area (Å²) < 4.78 is 26.0. The molecule has 0 aliphatic rings. The van der Waals surface area contributed by atoms with Crippen LogP contribution < -0.4 is 5.73 Å². The largest absolute Gasteiger partial charge is 0.396 e. The van der Waals surface area contributed by atoms with Gasteiger partial charge in [-0.2, -0.15) is 0 Å². The van der Waals surface area contributed by atoms with Crippen LogP contribution in [-0.2, 0) is 4.79 Å². The van der Waals surface area contributed by atoms with Crippen LogP contribution in [0.5, 0.6) is 0 Å². The lowest BCUT2D eigenvalue weighted by Crippen LogP contribution is -1.95. The number of nitrogen functional groups attached to an aromatic ring is 1. The molecule has 0 heterocycles. The zero-order valence-corrected chi connectivity index (χ0v) is 10.2. The summed E-state index contributed by atoms with van der Waals surface area (Å²) in [6, 6.07) is 1.92. The molecule has 0 amide bonds. The van der Waals surface area contributed by atoms with Crippen molar-refractivity contribution in [2.24, 2.45) is 0 Å². The van der Waals surface area contributed by atoms with E-state index in [-0.39, 0.29) is 10.8 Å². The summed E-state index contributed by atoms with van der Waals surface area (Å²) >= 11 is 1.21. The van der Waals surface area contributed by atoms with E-state index in [4.69, 9.17) is 5.73 Å². The van der Waals surface area contributed by atoms with Gasteiger partial charge in [-0.1, -0.05) is 23.9 Å². The van der Waals surface area contributed by atoms with Gasteiger partial charge in [-0.3, -0.25) is 4.79 Å². The van der Waals surface area contributed by atoms with Crippen molar-refractivity contribution < 1.29 is 13.6 Å². The second kappa shape index (κ2) is 6.39. The molecule has 0 saturated heterocycles. The molecule has 1 rings (SSSR count). The van der Waals surface area contributed by atoms with E-state index in [0.717, 1.165) is 6.07 Å². The van der Waals surface area contributed by atoms with Crippen molar-refractivity contribution in [1.82, 2.24) is 0 Å². The van der Waals surface area contributed by atoms with Crippen LogP contribution in [0.4, 0.5) is 14.5 Å². The molecule has 2 nitrogen and oxygen atoms in total. The molecule has 92 valence electrons. The highest BCUT2D eigenvalue weighted by molar-refractivity contribution is 8.13.